The Morgan fingerprint density at radius 1 is 1.35 bits per heavy atom. The smallest absolute Gasteiger partial charge is 0.440 e. The normalized spacial score (nSPS) is 18.1. The van der Waals surface area contributed by atoms with E-state index in [-0.39, 0.29) is 5.60 Å². The van der Waals surface area contributed by atoms with E-state index in [1.165, 1.54) is 16.3 Å². The van der Waals surface area contributed by atoms with E-state index in [2.05, 4.69) is 13.8 Å². The fourth-order valence-corrected chi connectivity index (χ4v) is 6.50. The standard InChI is InChI=1S/C16H25O4PS2/c1-6-10-23-21(17,18-7-2)20-13-8-9-14(22-5)12-11-16(3,4)19-15(12)13/h8-9H,6-7,10-11H2,1-5H3. The van der Waals surface area contributed by atoms with Gasteiger partial charge in [-0.25, -0.2) is 4.57 Å². The minimum atomic E-state index is -3.23. The first kappa shape index (κ1) is 19.0. The number of benzene rings is 1. The zero-order valence-electron chi connectivity index (χ0n) is 14.4. The second-order valence-electron chi connectivity index (χ2n) is 5.90. The summed E-state index contributed by atoms with van der Waals surface area (Å²) in [5.74, 6) is 1.96. The molecule has 1 aromatic rings. The molecule has 1 aliphatic rings. The zero-order chi connectivity index (χ0) is 17.1. The number of hydrogen-bond acceptors (Lipinski definition) is 6. The van der Waals surface area contributed by atoms with Gasteiger partial charge >= 0.3 is 6.80 Å². The molecule has 0 aromatic heterocycles. The maximum Gasteiger partial charge on any atom is 0.440 e. The SMILES string of the molecule is CCCSP(=O)(OCC)Oc1ccc(SC)c2c1OC(C)(C)C2. The maximum absolute atomic E-state index is 12.9. The molecular formula is C16H25O4PS2. The summed E-state index contributed by atoms with van der Waals surface area (Å²) in [5.41, 5.74) is 0.849. The third-order valence-electron chi connectivity index (χ3n) is 3.33. The van der Waals surface area contributed by atoms with Crippen LogP contribution < -0.4 is 9.26 Å². The monoisotopic (exact) mass is 376 g/mol. The van der Waals surface area contributed by atoms with Crippen molar-refractivity contribution in [1.82, 2.24) is 0 Å². The summed E-state index contributed by atoms with van der Waals surface area (Å²) in [4.78, 5) is 1.17. The van der Waals surface area contributed by atoms with Crippen LogP contribution in [-0.4, -0.2) is 24.2 Å². The molecule has 0 aliphatic carbocycles. The summed E-state index contributed by atoms with van der Waals surface area (Å²) in [7, 11) is 0. The van der Waals surface area contributed by atoms with Gasteiger partial charge < -0.3 is 9.26 Å². The van der Waals surface area contributed by atoms with Crippen LogP contribution in [0.5, 0.6) is 11.5 Å². The van der Waals surface area contributed by atoms with Gasteiger partial charge in [0.1, 0.15) is 5.60 Å². The van der Waals surface area contributed by atoms with Gasteiger partial charge in [-0.05, 0) is 57.0 Å². The van der Waals surface area contributed by atoms with E-state index in [0.29, 0.717) is 18.1 Å². The molecule has 0 saturated heterocycles. The summed E-state index contributed by atoms with van der Waals surface area (Å²) < 4.78 is 30.3. The van der Waals surface area contributed by atoms with Crippen molar-refractivity contribution in [3.8, 4) is 11.5 Å². The van der Waals surface area contributed by atoms with Crippen molar-refractivity contribution in [1.29, 1.82) is 0 Å². The van der Waals surface area contributed by atoms with Crippen LogP contribution in [0.3, 0.4) is 0 Å². The van der Waals surface area contributed by atoms with Crippen LogP contribution in [0.15, 0.2) is 17.0 Å². The molecule has 1 atom stereocenters. The molecule has 0 amide bonds. The molecule has 0 N–H and O–H groups in total. The molecule has 1 unspecified atom stereocenters. The molecule has 0 bridgehead atoms. The van der Waals surface area contributed by atoms with Crippen LogP contribution in [0.25, 0.3) is 0 Å². The van der Waals surface area contributed by atoms with Crippen LogP contribution in [0.2, 0.25) is 0 Å². The molecule has 2 rings (SSSR count). The molecule has 7 heteroatoms. The largest absolute Gasteiger partial charge is 0.483 e. The first-order chi connectivity index (χ1) is 10.8. The minimum Gasteiger partial charge on any atom is -0.483 e. The Balaban J connectivity index is 2.34. The van der Waals surface area contributed by atoms with Crippen molar-refractivity contribution < 1.29 is 18.3 Å². The van der Waals surface area contributed by atoms with Crippen LogP contribution in [0.4, 0.5) is 0 Å². The van der Waals surface area contributed by atoms with E-state index in [1.54, 1.807) is 11.8 Å². The van der Waals surface area contributed by atoms with Crippen molar-refractivity contribution in [2.75, 3.05) is 18.6 Å². The Bertz CT molecular complexity index is 604. The van der Waals surface area contributed by atoms with E-state index in [4.69, 9.17) is 13.8 Å². The molecule has 130 valence electrons. The zero-order valence-corrected chi connectivity index (χ0v) is 16.9. The number of fused-ring (bicyclic) bond motifs is 1. The lowest BCUT2D eigenvalue weighted by Gasteiger charge is -2.21. The van der Waals surface area contributed by atoms with Crippen molar-refractivity contribution in [3.63, 3.8) is 0 Å². The highest BCUT2D eigenvalue weighted by atomic mass is 32.7. The van der Waals surface area contributed by atoms with Gasteiger partial charge in [0, 0.05) is 22.6 Å². The van der Waals surface area contributed by atoms with Crippen molar-refractivity contribution in [2.24, 2.45) is 0 Å². The molecule has 0 fully saturated rings. The van der Waals surface area contributed by atoms with Gasteiger partial charge in [0.15, 0.2) is 11.5 Å². The Kier molecular flexibility index (Phi) is 6.40. The first-order valence-corrected chi connectivity index (χ1v) is 12.2. The van der Waals surface area contributed by atoms with Crippen LogP contribution >= 0.6 is 29.9 Å². The highest BCUT2D eigenvalue weighted by Gasteiger charge is 2.37. The van der Waals surface area contributed by atoms with Crippen LogP contribution in [0, 0.1) is 0 Å². The topological polar surface area (TPSA) is 44.8 Å². The predicted molar refractivity (Wildman–Crippen MR) is 99.2 cm³/mol. The second kappa shape index (κ2) is 7.73. The average Bonchev–Trinajstić information content (AvgIpc) is 2.81. The van der Waals surface area contributed by atoms with Crippen molar-refractivity contribution in [3.05, 3.63) is 17.7 Å². The Morgan fingerprint density at radius 3 is 2.70 bits per heavy atom. The van der Waals surface area contributed by atoms with Gasteiger partial charge in [-0.3, -0.25) is 4.52 Å². The summed E-state index contributed by atoms with van der Waals surface area (Å²) >= 11 is 2.93. The molecule has 0 saturated carbocycles. The van der Waals surface area contributed by atoms with E-state index in [1.807, 2.05) is 32.2 Å². The fraction of sp³-hybridized carbons (Fsp3) is 0.625. The number of hydrogen-bond donors (Lipinski definition) is 0. The highest BCUT2D eigenvalue weighted by molar-refractivity contribution is 8.55. The summed E-state index contributed by atoms with van der Waals surface area (Å²) in [6.45, 7) is 5.09. The van der Waals surface area contributed by atoms with E-state index in [0.717, 1.165) is 24.2 Å². The fourth-order valence-electron chi connectivity index (χ4n) is 2.44. The second-order valence-corrected chi connectivity index (χ2v) is 10.9. The summed E-state index contributed by atoms with van der Waals surface area (Å²) in [6, 6.07) is 3.84. The molecule has 1 aromatic carbocycles. The third-order valence-corrected chi connectivity index (χ3v) is 8.09. The van der Waals surface area contributed by atoms with E-state index in [9.17, 15) is 4.57 Å². The maximum atomic E-state index is 12.9. The van der Waals surface area contributed by atoms with Crippen LogP contribution in [-0.2, 0) is 15.5 Å². The van der Waals surface area contributed by atoms with Gasteiger partial charge in [0.2, 0.25) is 0 Å². The number of thioether (sulfide) groups is 1. The number of ether oxygens (including phenoxy) is 1. The molecule has 0 spiro atoms. The lowest BCUT2D eigenvalue weighted by molar-refractivity contribution is 0.135. The molecule has 0 radical (unpaired) electrons. The summed E-state index contributed by atoms with van der Waals surface area (Å²) in [6.07, 6.45) is 3.78. The summed E-state index contributed by atoms with van der Waals surface area (Å²) in [5, 5.41) is 0. The van der Waals surface area contributed by atoms with Gasteiger partial charge in [-0.1, -0.05) is 6.92 Å². The predicted octanol–water partition coefficient (Wildman–Crippen LogP) is 5.79. The van der Waals surface area contributed by atoms with E-state index < -0.39 is 6.80 Å². The van der Waals surface area contributed by atoms with Gasteiger partial charge in [0.05, 0.1) is 6.61 Å². The van der Waals surface area contributed by atoms with Gasteiger partial charge in [-0.2, -0.15) is 0 Å². The van der Waals surface area contributed by atoms with E-state index >= 15 is 0 Å². The highest BCUT2D eigenvalue weighted by Crippen LogP contribution is 2.62. The molecule has 1 aliphatic heterocycles. The number of rotatable bonds is 8. The molecule has 23 heavy (non-hydrogen) atoms. The van der Waals surface area contributed by atoms with Crippen molar-refractivity contribution in [2.45, 2.75) is 51.0 Å². The van der Waals surface area contributed by atoms with Crippen LogP contribution in [0.1, 0.15) is 39.7 Å². The van der Waals surface area contributed by atoms with Crippen molar-refractivity contribution >= 4 is 29.9 Å². The minimum absolute atomic E-state index is 0.279. The third kappa shape index (κ3) is 4.62. The average molecular weight is 376 g/mol. The molecule has 1 heterocycles. The molecule has 4 nitrogen and oxygen atoms in total. The lowest BCUT2D eigenvalue weighted by atomic mass is 10.0. The molecular weight excluding hydrogens is 351 g/mol. The Labute approximate surface area is 147 Å². The quantitative estimate of drug-likeness (QED) is 0.423. The van der Waals surface area contributed by atoms with Gasteiger partial charge in [0.25, 0.3) is 0 Å². The van der Waals surface area contributed by atoms with Gasteiger partial charge in [-0.15, -0.1) is 11.8 Å². The Morgan fingerprint density at radius 2 is 2.09 bits per heavy atom. The Hall–Kier alpha value is -0.290. The lowest BCUT2D eigenvalue weighted by Crippen LogP contribution is -2.24. The first-order valence-electron chi connectivity index (χ1n) is 7.81.